The first-order chi connectivity index (χ1) is 12.5. The van der Waals surface area contributed by atoms with Gasteiger partial charge in [-0.3, -0.25) is 4.79 Å². The fourth-order valence-electron chi connectivity index (χ4n) is 3.05. The number of ether oxygens (including phenoxy) is 1. The first kappa shape index (κ1) is 19.4. The molecule has 6 nitrogen and oxygen atoms in total. The van der Waals surface area contributed by atoms with Crippen LogP contribution in [0.25, 0.3) is 11.4 Å². The molecule has 0 spiro atoms. The van der Waals surface area contributed by atoms with Crippen molar-refractivity contribution in [1.29, 1.82) is 0 Å². The molecule has 0 aliphatic carbocycles. The Hall–Kier alpha value is -1.35. The smallest absolute Gasteiger partial charge is 0.324 e. The van der Waals surface area contributed by atoms with Crippen LogP contribution in [0.5, 0.6) is 0 Å². The van der Waals surface area contributed by atoms with Crippen LogP contribution >= 0.6 is 35.6 Å². The summed E-state index contributed by atoms with van der Waals surface area (Å²) in [7, 11) is 1.44. The Morgan fingerprint density at radius 2 is 2.19 bits per heavy atom. The number of thioether (sulfide) groups is 1. The quantitative estimate of drug-likeness (QED) is 0.599. The first-order valence-corrected chi connectivity index (χ1v) is 10.3. The van der Waals surface area contributed by atoms with Crippen molar-refractivity contribution < 1.29 is 14.4 Å². The molecule has 1 aliphatic rings. The van der Waals surface area contributed by atoms with E-state index in [0.717, 1.165) is 30.2 Å². The van der Waals surface area contributed by atoms with E-state index >= 15 is 0 Å². The minimum Gasteiger partial charge on any atom is -0.468 e. The van der Waals surface area contributed by atoms with E-state index in [9.17, 15) is 4.79 Å². The molecule has 3 rings (SSSR count). The molecule has 1 fully saturated rings. The number of rotatable bonds is 5. The van der Waals surface area contributed by atoms with Crippen LogP contribution in [0.1, 0.15) is 6.92 Å². The highest BCUT2D eigenvalue weighted by Gasteiger charge is 2.30. The number of quaternary nitrogens is 1. The van der Waals surface area contributed by atoms with Crippen molar-refractivity contribution in [1.82, 2.24) is 14.3 Å². The van der Waals surface area contributed by atoms with Crippen molar-refractivity contribution in [2.45, 2.75) is 25.4 Å². The lowest BCUT2D eigenvalue weighted by atomic mass is 10.2. The van der Waals surface area contributed by atoms with Gasteiger partial charge in [0.05, 0.1) is 13.7 Å². The number of halogens is 1. The molecule has 2 heterocycles. The number of benzene rings is 1. The molecule has 26 heavy (non-hydrogen) atoms. The zero-order valence-corrected chi connectivity index (χ0v) is 17.2. The largest absolute Gasteiger partial charge is 0.468 e. The maximum absolute atomic E-state index is 11.8. The molecule has 0 bridgehead atoms. The van der Waals surface area contributed by atoms with Gasteiger partial charge in [-0.1, -0.05) is 11.6 Å². The lowest BCUT2D eigenvalue weighted by molar-refractivity contribution is -0.921. The molecule has 0 radical (unpaired) electrons. The van der Waals surface area contributed by atoms with Gasteiger partial charge in [-0.25, -0.2) is 0 Å². The predicted molar refractivity (Wildman–Crippen MR) is 106 cm³/mol. The lowest BCUT2D eigenvalue weighted by Gasteiger charge is -2.27. The van der Waals surface area contributed by atoms with Gasteiger partial charge < -0.3 is 14.2 Å². The number of nitrogens with zero attached hydrogens (tertiary/aromatic N) is 3. The first-order valence-electron chi connectivity index (χ1n) is 8.50. The third kappa shape index (κ3) is 4.14. The second-order valence-electron chi connectivity index (χ2n) is 6.10. The fraction of sp³-hybridized carbons (Fsp3) is 0.471. The minimum atomic E-state index is -0.156. The molecule has 140 valence electrons. The van der Waals surface area contributed by atoms with Gasteiger partial charge in [0.15, 0.2) is 17.7 Å². The Morgan fingerprint density at radius 1 is 1.46 bits per heavy atom. The molecule has 9 heteroatoms. The van der Waals surface area contributed by atoms with Crippen molar-refractivity contribution >= 4 is 41.6 Å². The van der Waals surface area contributed by atoms with Crippen LogP contribution in [0, 0.1) is 4.77 Å². The number of carbonyl (C=O) groups is 1. The number of aromatic nitrogens is 3. The summed E-state index contributed by atoms with van der Waals surface area (Å²) in [6.45, 7) is 5.12. The Balaban J connectivity index is 1.83. The number of hydrogen-bond acceptors (Lipinski definition) is 5. The summed E-state index contributed by atoms with van der Waals surface area (Å²) in [6, 6.07) is 7.61. The number of carbonyl (C=O) groups excluding carboxylic acids is 1. The molecule has 2 atom stereocenters. The summed E-state index contributed by atoms with van der Waals surface area (Å²) >= 11 is 13.3. The van der Waals surface area contributed by atoms with E-state index in [1.807, 2.05) is 33.5 Å². The summed E-state index contributed by atoms with van der Waals surface area (Å²) in [5.74, 6) is 1.60. The number of hydrogen-bond donors (Lipinski definition) is 1. The normalized spacial score (nSPS) is 20.1. The van der Waals surface area contributed by atoms with Crippen molar-refractivity contribution in [3.63, 3.8) is 0 Å². The van der Waals surface area contributed by atoms with Crippen molar-refractivity contribution in [3.05, 3.63) is 34.1 Å². The summed E-state index contributed by atoms with van der Waals surface area (Å²) in [6.07, 6.45) is 0. The number of nitrogens with one attached hydrogen (secondary N) is 1. The second kappa shape index (κ2) is 8.56. The molecule has 0 saturated carbocycles. The van der Waals surface area contributed by atoms with Crippen LogP contribution in [-0.2, 0) is 22.7 Å². The maximum Gasteiger partial charge on any atom is 0.324 e. The fourth-order valence-corrected chi connectivity index (χ4v) is 4.77. The van der Waals surface area contributed by atoms with Crippen molar-refractivity contribution in [2.24, 2.45) is 0 Å². The van der Waals surface area contributed by atoms with Gasteiger partial charge in [0.1, 0.15) is 6.54 Å². The van der Waals surface area contributed by atoms with E-state index in [0.29, 0.717) is 23.0 Å². The second-order valence-corrected chi connectivity index (χ2v) is 8.21. The zero-order valence-electron chi connectivity index (χ0n) is 14.8. The number of methoxy groups -OCH3 is 1. The predicted octanol–water partition coefficient (Wildman–Crippen LogP) is 1.89. The number of esters is 1. The SMILES string of the molecule is CCn1c(-c2ccc(Cl)cc2)nn(C[NH+]2CCS[C@@H](C(=O)OC)C2)c1=S. The average Bonchev–Trinajstić information content (AvgIpc) is 2.97. The van der Waals surface area contributed by atoms with Crippen LogP contribution in [-0.4, -0.2) is 51.5 Å². The van der Waals surface area contributed by atoms with Crippen LogP contribution < -0.4 is 4.90 Å². The standard InChI is InChI=1S/C17H21ClN4O2S2/c1-3-21-15(12-4-6-13(18)7-5-12)19-22(17(21)25)11-20-8-9-26-14(10-20)16(23)24-2/h4-7,14H,3,8-11H2,1-2H3/p+1/t14-/m1/s1. The summed E-state index contributed by atoms with van der Waals surface area (Å²) in [5, 5.41) is 5.32. The Bertz CT molecular complexity index is 834. The van der Waals surface area contributed by atoms with E-state index in [1.165, 1.54) is 12.0 Å². The van der Waals surface area contributed by atoms with E-state index < -0.39 is 0 Å². The molecule has 1 aliphatic heterocycles. The summed E-state index contributed by atoms with van der Waals surface area (Å²) in [5.41, 5.74) is 0.984. The highest BCUT2D eigenvalue weighted by Crippen LogP contribution is 2.20. The third-order valence-corrected chi connectivity index (χ3v) is 6.31. The molecule has 1 aromatic heterocycles. The average molecular weight is 414 g/mol. The Morgan fingerprint density at radius 3 is 2.85 bits per heavy atom. The molecule has 1 unspecified atom stereocenters. The zero-order chi connectivity index (χ0) is 18.7. The molecule has 1 N–H and O–H groups in total. The minimum absolute atomic E-state index is 0.123. The van der Waals surface area contributed by atoms with Gasteiger partial charge in [-0.05, 0) is 43.4 Å². The topological polar surface area (TPSA) is 53.5 Å². The van der Waals surface area contributed by atoms with Gasteiger partial charge >= 0.3 is 5.97 Å². The van der Waals surface area contributed by atoms with Gasteiger partial charge in [0, 0.05) is 22.9 Å². The van der Waals surface area contributed by atoms with Crippen molar-refractivity contribution in [2.75, 3.05) is 26.0 Å². The molecular weight excluding hydrogens is 392 g/mol. The molecule has 2 aromatic rings. The Labute approximate surface area is 167 Å². The lowest BCUT2D eigenvalue weighted by Crippen LogP contribution is -3.14. The van der Waals surface area contributed by atoms with Crippen LogP contribution in [0.4, 0.5) is 0 Å². The van der Waals surface area contributed by atoms with E-state index in [-0.39, 0.29) is 11.2 Å². The van der Waals surface area contributed by atoms with Gasteiger partial charge in [-0.2, -0.15) is 4.68 Å². The highest BCUT2D eigenvalue weighted by atomic mass is 35.5. The van der Waals surface area contributed by atoms with E-state index in [1.54, 1.807) is 11.8 Å². The van der Waals surface area contributed by atoms with E-state index in [2.05, 4.69) is 6.92 Å². The van der Waals surface area contributed by atoms with Crippen molar-refractivity contribution in [3.8, 4) is 11.4 Å². The van der Waals surface area contributed by atoms with Crippen LogP contribution in [0.3, 0.4) is 0 Å². The van der Waals surface area contributed by atoms with Gasteiger partial charge in [-0.15, -0.1) is 16.9 Å². The molecular formula is C17H22ClN4O2S2+. The summed E-state index contributed by atoms with van der Waals surface area (Å²) < 4.78 is 9.47. The molecule has 1 aromatic carbocycles. The third-order valence-electron chi connectivity index (χ3n) is 4.43. The Kier molecular flexibility index (Phi) is 6.39. The summed E-state index contributed by atoms with van der Waals surface area (Å²) in [4.78, 5) is 13.1. The molecule has 0 amide bonds. The highest BCUT2D eigenvalue weighted by molar-refractivity contribution is 8.00. The van der Waals surface area contributed by atoms with Crippen LogP contribution in [0.15, 0.2) is 24.3 Å². The van der Waals surface area contributed by atoms with Gasteiger partial charge in [0.25, 0.3) is 0 Å². The van der Waals surface area contributed by atoms with E-state index in [4.69, 9.17) is 33.7 Å². The maximum atomic E-state index is 11.8. The van der Waals surface area contributed by atoms with Crippen LogP contribution in [0.2, 0.25) is 5.02 Å². The molecule has 1 saturated heterocycles. The monoisotopic (exact) mass is 413 g/mol. The van der Waals surface area contributed by atoms with Gasteiger partial charge in [0.2, 0.25) is 4.77 Å².